The topological polar surface area (TPSA) is 65.5 Å². The van der Waals surface area contributed by atoms with Crippen molar-refractivity contribution in [3.05, 3.63) is 46.9 Å². The third kappa shape index (κ3) is 4.61. The van der Waals surface area contributed by atoms with E-state index < -0.39 is 43.3 Å². The maximum absolute atomic E-state index is 15.0. The molecule has 1 saturated heterocycles. The van der Waals surface area contributed by atoms with Gasteiger partial charge in [-0.15, -0.1) is 0 Å². The van der Waals surface area contributed by atoms with E-state index in [1.807, 2.05) is 18.8 Å². The molecule has 170 valence electrons. The molecule has 6 nitrogen and oxygen atoms in total. The monoisotopic (exact) mass is 476 g/mol. The highest BCUT2D eigenvalue weighted by Gasteiger charge is 2.38. The van der Waals surface area contributed by atoms with Gasteiger partial charge in [0, 0.05) is 24.7 Å². The molecule has 0 aliphatic carbocycles. The molecular formula is C20H24ClF3N4O2S. The van der Waals surface area contributed by atoms with Crippen LogP contribution in [0.15, 0.2) is 29.2 Å². The van der Waals surface area contributed by atoms with Crippen LogP contribution in [0.3, 0.4) is 0 Å². The van der Waals surface area contributed by atoms with Crippen molar-refractivity contribution in [1.82, 2.24) is 9.88 Å². The first kappa shape index (κ1) is 23.6. The minimum atomic E-state index is -4.74. The Bertz CT molecular complexity index is 1100. The summed E-state index contributed by atoms with van der Waals surface area (Å²) in [4.78, 5) is 5.95. The molecule has 1 N–H and O–H groups in total. The number of sulfonamides is 1. The number of pyridine rings is 1. The highest BCUT2D eigenvalue weighted by molar-refractivity contribution is 7.92. The van der Waals surface area contributed by atoms with Crippen LogP contribution in [0.25, 0.3) is 0 Å². The van der Waals surface area contributed by atoms with Crippen molar-refractivity contribution in [2.24, 2.45) is 5.92 Å². The summed E-state index contributed by atoms with van der Waals surface area (Å²) in [6, 6.07) is 4.29. The van der Waals surface area contributed by atoms with Gasteiger partial charge in [-0.1, -0.05) is 17.7 Å². The highest BCUT2D eigenvalue weighted by Crippen LogP contribution is 2.39. The van der Waals surface area contributed by atoms with E-state index in [2.05, 4.69) is 23.7 Å². The summed E-state index contributed by atoms with van der Waals surface area (Å²) in [6.07, 6.45) is 0.789. The van der Waals surface area contributed by atoms with E-state index in [1.165, 1.54) is 6.07 Å². The van der Waals surface area contributed by atoms with Crippen molar-refractivity contribution >= 4 is 33.1 Å². The maximum Gasteiger partial charge on any atom is 0.268 e. The molecule has 1 fully saturated rings. The first-order valence-corrected chi connectivity index (χ1v) is 11.5. The van der Waals surface area contributed by atoms with E-state index >= 15 is 0 Å². The summed E-state index contributed by atoms with van der Waals surface area (Å²) in [5, 5.41) is -0.489. The molecule has 11 heteroatoms. The van der Waals surface area contributed by atoms with Crippen LogP contribution in [-0.4, -0.2) is 51.0 Å². The molecule has 0 unspecified atom stereocenters. The first-order valence-electron chi connectivity index (χ1n) is 9.60. The van der Waals surface area contributed by atoms with Crippen molar-refractivity contribution in [1.29, 1.82) is 0 Å². The standard InChI is InChI=1S/C20H24ClF3N4O2S/c1-20(2,27(3)4)12-8-9-28(11-12)14-10-13(22)19(18(24)17(14)21)31(29,30)26-16-7-5-6-15(23)25-16/h5-7,10,12H,8-9,11H2,1-4H3,(H,25,26)/t12-/m1/s1. The summed E-state index contributed by atoms with van der Waals surface area (Å²) in [6.45, 7) is 5.22. The second-order valence-corrected chi connectivity index (χ2v) is 10.3. The molecule has 3 rings (SSSR count). The molecule has 1 atom stereocenters. The zero-order valence-corrected chi connectivity index (χ0v) is 19.2. The Labute approximate surface area is 185 Å². The van der Waals surface area contributed by atoms with Gasteiger partial charge in [0.05, 0.1) is 5.69 Å². The van der Waals surface area contributed by atoms with Crippen molar-refractivity contribution < 1.29 is 21.6 Å². The lowest BCUT2D eigenvalue weighted by Gasteiger charge is -2.38. The molecule has 1 aromatic heterocycles. The van der Waals surface area contributed by atoms with Gasteiger partial charge in [-0.05, 0) is 52.4 Å². The number of anilines is 2. The van der Waals surface area contributed by atoms with E-state index in [0.717, 1.165) is 24.6 Å². The average molecular weight is 477 g/mol. The van der Waals surface area contributed by atoms with Crippen LogP contribution in [0.2, 0.25) is 5.02 Å². The molecule has 2 heterocycles. The Hall–Kier alpha value is -2.04. The molecule has 0 bridgehead atoms. The second kappa shape index (κ2) is 8.48. The van der Waals surface area contributed by atoms with Crippen LogP contribution < -0.4 is 9.62 Å². The fraction of sp³-hybridized carbons (Fsp3) is 0.450. The van der Waals surface area contributed by atoms with Gasteiger partial charge in [0.15, 0.2) is 10.7 Å². The Morgan fingerprint density at radius 2 is 1.94 bits per heavy atom. The number of halogens is 4. The van der Waals surface area contributed by atoms with Crippen LogP contribution in [0.1, 0.15) is 20.3 Å². The molecular weight excluding hydrogens is 453 g/mol. The predicted molar refractivity (Wildman–Crippen MR) is 114 cm³/mol. The molecule has 0 spiro atoms. The van der Waals surface area contributed by atoms with Gasteiger partial charge in [-0.3, -0.25) is 4.72 Å². The zero-order valence-electron chi connectivity index (χ0n) is 17.6. The van der Waals surface area contributed by atoms with Crippen LogP contribution >= 0.6 is 11.6 Å². The number of hydrogen-bond donors (Lipinski definition) is 1. The van der Waals surface area contributed by atoms with Gasteiger partial charge in [0.2, 0.25) is 5.95 Å². The van der Waals surface area contributed by atoms with Crippen LogP contribution in [0, 0.1) is 23.5 Å². The van der Waals surface area contributed by atoms with Gasteiger partial charge < -0.3 is 9.80 Å². The SMILES string of the molecule is CN(C)C(C)(C)[C@@H]1CCN(c2cc(F)c(S(=O)(=O)Nc3cccc(F)n3)c(F)c2Cl)C1. The Morgan fingerprint density at radius 1 is 1.26 bits per heavy atom. The molecule has 31 heavy (non-hydrogen) atoms. The average Bonchev–Trinajstić information content (AvgIpc) is 3.14. The smallest absolute Gasteiger partial charge is 0.268 e. The Morgan fingerprint density at radius 3 is 2.55 bits per heavy atom. The van der Waals surface area contributed by atoms with E-state index in [9.17, 15) is 21.6 Å². The number of hydrogen-bond acceptors (Lipinski definition) is 5. The Kier molecular flexibility index (Phi) is 6.46. The lowest BCUT2D eigenvalue weighted by molar-refractivity contribution is 0.127. The van der Waals surface area contributed by atoms with Crippen molar-refractivity contribution in [2.75, 3.05) is 36.8 Å². The summed E-state index contributed by atoms with van der Waals surface area (Å²) < 4.78 is 70.1. The molecule has 1 aromatic carbocycles. The van der Waals surface area contributed by atoms with E-state index in [0.29, 0.717) is 13.1 Å². The number of benzene rings is 1. The second-order valence-electron chi connectivity index (χ2n) is 8.27. The number of nitrogens with zero attached hydrogens (tertiary/aromatic N) is 3. The van der Waals surface area contributed by atoms with E-state index in [-0.39, 0.29) is 17.1 Å². The quantitative estimate of drug-likeness (QED) is 0.502. The molecule has 0 radical (unpaired) electrons. The van der Waals surface area contributed by atoms with Crippen molar-refractivity contribution in [3.63, 3.8) is 0 Å². The highest BCUT2D eigenvalue weighted by atomic mass is 35.5. The van der Waals surface area contributed by atoms with Gasteiger partial charge in [0.1, 0.15) is 16.7 Å². The summed E-state index contributed by atoms with van der Waals surface area (Å²) in [5.41, 5.74) is -0.0553. The fourth-order valence-electron chi connectivity index (χ4n) is 3.62. The number of aromatic nitrogens is 1. The largest absolute Gasteiger partial charge is 0.370 e. The minimum absolute atomic E-state index is 0.0940. The van der Waals surface area contributed by atoms with Crippen LogP contribution in [0.4, 0.5) is 24.7 Å². The van der Waals surface area contributed by atoms with Crippen molar-refractivity contribution in [3.8, 4) is 0 Å². The molecule has 1 aliphatic heterocycles. The third-order valence-corrected chi connectivity index (χ3v) is 7.75. The zero-order chi connectivity index (χ0) is 23.1. The molecule has 0 saturated carbocycles. The van der Waals surface area contributed by atoms with Gasteiger partial charge >= 0.3 is 0 Å². The lowest BCUT2D eigenvalue weighted by atomic mass is 9.86. The lowest BCUT2D eigenvalue weighted by Crippen LogP contribution is -2.46. The number of nitrogens with one attached hydrogen (secondary N) is 1. The van der Waals surface area contributed by atoms with Gasteiger partial charge in [0.25, 0.3) is 10.0 Å². The molecule has 2 aromatic rings. The van der Waals surface area contributed by atoms with E-state index in [4.69, 9.17) is 11.6 Å². The minimum Gasteiger partial charge on any atom is -0.370 e. The van der Waals surface area contributed by atoms with Crippen LogP contribution in [-0.2, 0) is 10.0 Å². The summed E-state index contributed by atoms with van der Waals surface area (Å²) >= 11 is 6.15. The first-order chi connectivity index (χ1) is 14.3. The molecule has 1 aliphatic rings. The molecule has 0 amide bonds. The fourth-order valence-corrected chi connectivity index (χ4v) is 5.09. The van der Waals surface area contributed by atoms with E-state index in [1.54, 1.807) is 4.90 Å². The van der Waals surface area contributed by atoms with Gasteiger partial charge in [-0.25, -0.2) is 22.2 Å². The summed E-state index contributed by atoms with van der Waals surface area (Å²) in [5.74, 6) is -3.84. The number of rotatable bonds is 6. The maximum atomic E-state index is 15.0. The predicted octanol–water partition coefficient (Wildman–Crippen LogP) is 4.12. The normalized spacial score (nSPS) is 17.5. The summed E-state index contributed by atoms with van der Waals surface area (Å²) in [7, 11) is -0.804. The van der Waals surface area contributed by atoms with Crippen molar-refractivity contribution in [2.45, 2.75) is 30.7 Å². The van der Waals surface area contributed by atoms with Gasteiger partial charge in [-0.2, -0.15) is 4.39 Å². The third-order valence-electron chi connectivity index (χ3n) is 6.00. The Balaban J connectivity index is 1.93. The van der Waals surface area contributed by atoms with Crippen LogP contribution in [0.5, 0.6) is 0 Å².